The van der Waals surface area contributed by atoms with Crippen molar-refractivity contribution in [3.05, 3.63) is 29.8 Å². The molecule has 124 valence electrons. The van der Waals surface area contributed by atoms with Gasteiger partial charge in [0.15, 0.2) is 0 Å². The van der Waals surface area contributed by atoms with Gasteiger partial charge in [0, 0.05) is 32.7 Å². The SMILES string of the molecule is CCN1CCN(C[C@H](O)c2ccc(OC(F)(F)F)cc2)CC1. The summed E-state index contributed by atoms with van der Waals surface area (Å²) in [6, 6.07) is 5.38. The first-order valence-electron chi connectivity index (χ1n) is 7.36. The minimum Gasteiger partial charge on any atom is -0.406 e. The lowest BCUT2D eigenvalue weighted by Gasteiger charge is -2.35. The van der Waals surface area contributed by atoms with Crippen LogP contribution in [0.1, 0.15) is 18.6 Å². The lowest BCUT2D eigenvalue weighted by molar-refractivity contribution is -0.274. The smallest absolute Gasteiger partial charge is 0.406 e. The van der Waals surface area contributed by atoms with Crippen molar-refractivity contribution in [3.63, 3.8) is 0 Å². The van der Waals surface area contributed by atoms with Crippen LogP contribution in [0.4, 0.5) is 13.2 Å². The summed E-state index contributed by atoms with van der Waals surface area (Å²) in [6.45, 7) is 7.35. The van der Waals surface area contributed by atoms with Crippen LogP contribution in [0.15, 0.2) is 24.3 Å². The van der Waals surface area contributed by atoms with Gasteiger partial charge in [-0.1, -0.05) is 19.1 Å². The number of halogens is 3. The molecule has 1 aliphatic heterocycles. The van der Waals surface area contributed by atoms with Gasteiger partial charge in [0.1, 0.15) is 5.75 Å². The van der Waals surface area contributed by atoms with E-state index in [1.54, 1.807) is 0 Å². The standard InChI is InChI=1S/C15H21F3N2O2/c1-2-19-7-9-20(10-8-19)11-14(21)12-3-5-13(6-4-12)22-15(16,17)18/h3-6,14,21H,2,7-11H2,1H3/t14-/m0/s1. The van der Waals surface area contributed by atoms with Crippen LogP contribution in [0.3, 0.4) is 0 Å². The topological polar surface area (TPSA) is 35.9 Å². The average Bonchev–Trinajstić information content (AvgIpc) is 2.47. The molecule has 0 spiro atoms. The van der Waals surface area contributed by atoms with Gasteiger partial charge < -0.3 is 14.7 Å². The van der Waals surface area contributed by atoms with E-state index < -0.39 is 12.5 Å². The van der Waals surface area contributed by atoms with E-state index in [1.165, 1.54) is 24.3 Å². The third-order valence-corrected chi connectivity index (χ3v) is 3.84. The fourth-order valence-electron chi connectivity index (χ4n) is 2.53. The van der Waals surface area contributed by atoms with E-state index in [0.717, 1.165) is 32.7 Å². The van der Waals surface area contributed by atoms with Gasteiger partial charge in [0.05, 0.1) is 6.10 Å². The fourth-order valence-corrected chi connectivity index (χ4v) is 2.53. The summed E-state index contributed by atoms with van der Waals surface area (Å²) in [5.74, 6) is -0.278. The molecule has 1 saturated heterocycles. The molecular formula is C15H21F3N2O2. The molecule has 1 aromatic rings. The van der Waals surface area contributed by atoms with Crippen LogP contribution in [0.2, 0.25) is 0 Å². The maximum Gasteiger partial charge on any atom is 0.573 e. The first-order valence-corrected chi connectivity index (χ1v) is 7.36. The number of hydrogen-bond acceptors (Lipinski definition) is 4. The number of nitrogens with zero attached hydrogens (tertiary/aromatic N) is 2. The van der Waals surface area contributed by atoms with Crippen molar-refractivity contribution in [3.8, 4) is 5.75 Å². The summed E-state index contributed by atoms with van der Waals surface area (Å²) >= 11 is 0. The maximum absolute atomic E-state index is 12.1. The van der Waals surface area contributed by atoms with Crippen LogP contribution in [0.25, 0.3) is 0 Å². The highest BCUT2D eigenvalue weighted by molar-refractivity contribution is 5.28. The number of aliphatic hydroxyl groups excluding tert-OH is 1. The molecule has 0 saturated carbocycles. The van der Waals surface area contributed by atoms with E-state index in [0.29, 0.717) is 12.1 Å². The van der Waals surface area contributed by atoms with Crippen LogP contribution in [-0.2, 0) is 0 Å². The quantitative estimate of drug-likeness (QED) is 0.903. The van der Waals surface area contributed by atoms with Gasteiger partial charge in [-0.05, 0) is 24.2 Å². The maximum atomic E-state index is 12.1. The molecule has 1 aromatic carbocycles. The first kappa shape index (κ1) is 17.1. The largest absolute Gasteiger partial charge is 0.573 e. The van der Waals surface area contributed by atoms with E-state index in [2.05, 4.69) is 21.5 Å². The van der Waals surface area contributed by atoms with Gasteiger partial charge in [-0.15, -0.1) is 13.2 Å². The molecule has 1 heterocycles. The highest BCUT2D eigenvalue weighted by Gasteiger charge is 2.31. The molecule has 0 bridgehead atoms. The summed E-state index contributed by atoms with van der Waals surface area (Å²) in [4.78, 5) is 4.50. The van der Waals surface area contributed by atoms with Crippen LogP contribution in [-0.4, -0.2) is 60.5 Å². The van der Waals surface area contributed by atoms with Crippen LogP contribution >= 0.6 is 0 Å². The number of alkyl halides is 3. The summed E-state index contributed by atoms with van der Waals surface area (Å²) in [5.41, 5.74) is 0.590. The Labute approximate surface area is 128 Å². The summed E-state index contributed by atoms with van der Waals surface area (Å²) < 4.78 is 40.1. The molecule has 22 heavy (non-hydrogen) atoms. The summed E-state index contributed by atoms with van der Waals surface area (Å²) in [7, 11) is 0. The van der Waals surface area contributed by atoms with E-state index in [4.69, 9.17) is 0 Å². The summed E-state index contributed by atoms with van der Waals surface area (Å²) in [5, 5.41) is 10.2. The monoisotopic (exact) mass is 318 g/mol. The van der Waals surface area contributed by atoms with Gasteiger partial charge in [-0.3, -0.25) is 4.90 Å². The Balaban J connectivity index is 1.86. The van der Waals surface area contributed by atoms with Crippen molar-refractivity contribution < 1.29 is 23.0 Å². The minimum absolute atomic E-state index is 0.278. The molecule has 2 rings (SSSR count). The Morgan fingerprint density at radius 1 is 1.09 bits per heavy atom. The van der Waals surface area contributed by atoms with Gasteiger partial charge in [-0.2, -0.15) is 0 Å². The zero-order valence-electron chi connectivity index (χ0n) is 12.5. The fraction of sp³-hybridized carbons (Fsp3) is 0.600. The Kier molecular flexibility index (Phi) is 5.66. The second-order valence-corrected chi connectivity index (χ2v) is 5.37. The lowest BCUT2D eigenvalue weighted by atomic mass is 10.1. The Hall–Kier alpha value is -1.31. The number of likely N-dealkylation sites (N-methyl/N-ethyl adjacent to an activating group) is 1. The molecular weight excluding hydrogens is 297 g/mol. The molecule has 0 radical (unpaired) electrons. The normalized spacial score (nSPS) is 19.1. The van der Waals surface area contributed by atoms with Crippen molar-refractivity contribution in [2.45, 2.75) is 19.4 Å². The second kappa shape index (κ2) is 7.30. The minimum atomic E-state index is -4.70. The van der Waals surface area contributed by atoms with Crippen LogP contribution in [0.5, 0.6) is 5.75 Å². The average molecular weight is 318 g/mol. The van der Waals surface area contributed by atoms with E-state index >= 15 is 0 Å². The molecule has 0 unspecified atom stereocenters. The number of aliphatic hydroxyl groups is 1. The van der Waals surface area contributed by atoms with Crippen molar-refractivity contribution in [1.82, 2.24) is 9.80 Å². The third-order valence-electron chi connectivity index (χ3n) is 3.84. The summed E-state index contributed by atoms with van der Waals surface area (Å²) in [6.07, 6.45) is -5.41. The predicted molar refractivity (Wildman–Crippen MR) is 76.6 cm³/mol. The van der Waals surface area contributed by atoms with Gasteiger partial charge in [0.25, 0.3) is 0 Å². The van der Waals surface area contributed by atoms with Gasteiger partial charge >= 0.3 is 6.36 Å². The highest BCUT2D eigenvalue weighted by atomic mass is 19.4. The Morgan fingerprint density at radius 3 is 2.14 bits per heavy atom. The van der Waals surface area contributed by atoms with E-state index in [9.17, 15) is 18.3 Å². The molecule has 0 aromatic heterocycles. The number of rotatable bonds is 5. The van der Waals surface area contributed by atoms with E-state index in [-0.39, 0.29) is 5.75 Å². The molecule has 4 nitrogen and oxygen atoms in total. The zero-order chi connectivity index (χ0) is 16.2. The third kappa shape index (κ3) is 5.15. The number of β-amino-alcohol motifs (C(OH)–C–C–N with tert-alkyl or cyclic N) is 1. The van der Waals surface area contributed by atoms with Crippen molar-refractivity contribution in [2.24, 2.45) is 0 Å². The van der Waals surface area contributed by atoms with Crippen molar-refractivity contribution in [2.75, 3.05) is 39.3 Å². The van der Waals surface area contributed by atoms with Crippen LogP contribution < -0.4 is 4.74 Å². The molecule has 1 fully saturated rings. The molecule has 1 N–H and O–H groups in total. The second-order valence-electron chi connectivity index (χ2n) is 5.37. The number of ether oxygens (including phenoxy) is 1. The van der Waals surface area contributed by atoms with Crippen molar-refractivity contribution >= 4 is 0 Å². The lowest BCUT2D eigenvalue weighted by Crippen LogP contribution is -2.47. The van der Waals surface area contributed by atoms with Crippen LogP contribution in [0, 0.1) is 0 Å². The molecule has 7 heteroatoms. The number of piperazine rings is 1. The Bertz CT molecular complexity index is 457. The van der Waals surface area contributed by atoms with Crippen molar-refractivity contribution in [1.29, 1.82) is 0 Å². The number of hydrogen-bond donors (Lipinski definition) is 1. The molecule has 1 atom stereocenters. The van der Waals surface area contributed by atoms with Gasteiger partial charge in [0.2, 0.25) is 0 Å². The van der Waals surface area contributed by atoms with Gasteiger partial charge in [-0.25, -0.2) is 0 Å². The Morgan fingerprint density at radius 2 is 1.64 bits per heavy atom. The number of benzene rings is 1. The molecule has 0 aliphatic carbocycles. The first-order chi connectivity index (χ1) is 10.4. The highest BCUT2D eigenvalue weighted by Crippen LogP contribution is 2.24. The van der Waals surface area contributed by atoms with E-state index in [1.807, 2.05) is 0 Å². The molecule has 0 amide bonds. The molecule has 1 aliphatic rings. The zero-order valence-corrected chi connectivity index (χ0v) is 12.5. The predicted octanol–water partition coefficient (Wildman–Crippen LogP) is 2.26.